The lowest BCUT2D eigenvalue weighted by Crippen LogP contribution is -2.53. The van der Waals surface area contributed by atoms with E-state index < -0.39 is 32.1 Å². The number of carbonyl (C=O) groups is 2. The largest absolute Gasteiger partial charge is 0.619 e. The standard InChI is InChI=1S/C34H36N3O4P.C20H23N2O3P.C14H13NO/c1-2-40-33(38)26-34(27-41-37(31-21-13-6-14-22-31)32(34)25-28-15-7-3-8-16-28)42(39)35(29-17-9-4-10-18-29)23-24-36(42)30-19-11-5-12-20-30;1-3-25-20(23)16-17(2)26(24)21(18-10-6-4-7-11-18)14-15-22(26)19-12-8-5-9-13-19;16-15(14-9-5-2-6-10-14)12-11-13-7-3-1-4-8-13/h3-22,32H,2,23-27H2,1H3;4-13H,2-3,14-16H2,1H3;1-10,12H,11H2/b;;15-12+. The van der Waals surface area contributed by atoms with Gasteiger partial charge < -0.3 is 33.4 Å². The second-order valence-electron chi connectivity index (χ2n) is 20.2. The predicted molar refractivity (Wildman–Crippen MR) is 339 cm³/mol. The Balaban J connectivity index is 0.000000170. The van der Waals surface area contributed by atoms with E-state index in [1.807, 2.05) is 242 Å². The first-order valence-electron chi connectivity index (χ1n) is 28.4. The second-order valence-corrected chi connectivity index (χ2v) is 25.9. The zero-order chi connectivity index (χ0) is 58.8. The van der Waals surface area contributed by atoms with Crippen molar-refractivity contribution >= 4 is 67.2 Å². The average Bonchev–Trinajstić information content (AvgIpc) is 3.20. The summed E-state index contributed by atoms with van der Waals surface area (Å²) in [6.45, 7) is 10.5. The maximum atomic E-state index is 16.5. The molecule has 0 aromatic heterocycles. The van der Waals surface area contributed by atoms with Gasteiger partial charge in [0, 0.05) is 66.4 Å². The molecule has 0 bridgehead atoms. The van der Waals surface area contributed by atoms with Crippen LogP contribution >= 0.6 is 14.9 Å². The van der Waals surface area contributed by atoms with Crippen LogP contribution in [-0.4, -0.2) is 80.1 Å². The number of para-hydroxylation sites is 6. The van der Waals surface area contributed by atoms with Crippen LogP contribution in [0.25, 0.3) is 0 Å². The van der Waals surface area contributed by atoms with Gasteiger partial charge in [-0.25, -0.2) is 5.06 Å². The van der Waals surface area contributed by atoms with Crippen molar-refractivity contribution in [3.8, 4) is 0 Å². The van der Waals surface area contributed by atoms with Crippen LogP contribution in [0.2, 0.25) is 0 Å². The van der Waals surface area contributed by atoms with Crippen molar-refractivity contribution in [2.45, 2.75) is 50.7 Å². The third kappa shape index (κ3) is 13.5. The molecule has 3 saturated heterocycles. The summed E-state index contributed by atoms with van der Waals surface area (Å²) in [7, 11) is -6.87. The molecule has 0 N–H and O–H groups in total. The Labute approximate surface area is 494 Å². The van der Waals surface area contributed by atoms with E-state index in [1.54, 1.807) is 32.2 Å². The Morgan fingerprint density at radius 3 is 1.36 bits per heavy atom. The number of hydrogen-bond acceptors (Lipinski definition) is 9. The van der Waals surface area contributed by atoms with Crippen molar-refractivity contribution < 1.29 is 37.8 Å². The normalized spacial score (nSPS) is 17.8. The van der Waals surface area contributed by atoms with Crippen molar-refractivity contribution in [1.82, 2.24) is 0 Å². The summed E-state index contributed by atoms with van der Waals surface area (Å²) < 4.78 is 50.1. The molecule has 3 aliphatic rings. The molecule has 0 spiro atoms. The second kappa shape index (κ2) is 28.5. The number of hydrogen-bond donors (Lipinski definition) is 0. The highest BCUT2D eigenvalue weighted by atomic mass is 31.2. The van der Waals surface area contributed by atoms with E-state index >= 15 is 4.57 Å². The van der Waals surface area contributed by atoms with Crippen molar-refractivity contribution in [2.24, 2.45) is 0 Å². The highest BCUT2D eigenvalue weighted by Gasteiger charge is 2.68. The fraction of sp³-hybridized carbons (Fsp3) is 0.221. The van der Waals surface area contributed by atoms with Gasteiger partial charge in [0.05, 0.1) is 50.8 Å². The van der Waals surface area contributed by atoms with Crippen LogP contribution in [0, 0.1) is 5.21 Å². The zero-order valence-corrected chi connectivity index (χ0v) is 49.4. The molecular formula is C68H72N6O8P2. The number of anilines is 5. The molecule has 3 fully saturated rings. The number of rotatable bonds is 18. The Bertz CT molecular complexity index is 3400. The third-order valence-electron chi connectivity index (χ3n) is 15.0. The van der Waals surface area contributed by atoms with Gasteiger partial charge in [-0.2, -0.15) is 4.74 Å². The van der Waals surface area contributed by atoms with Gasteiger partial charge in [-0.15, -0.1) is 0 Å². The molecule has 432 valence electrons. The quantitative estimate of drug-likeness (QED) is 0.0201. The number of carbonyl (C=O) groups excluding carboxylic acids is 2. The van der Waals surface area contributed by atoms with Gasteiger partial charge in [-0.05, 0) is 92.1 Å². The van der Waals surface area contributed by atoms with Crippen LogP contribution < -0.4 is 23.7 Å². The Morgan fingerprint density at radius 2 is 0.917 bits per heavy atom. The van der Waals surface area contributed by atoms with Crippen molar-refractivity contribution in [1.29, 1.82) is 0 Å². The molecular weight excluding hydrogens is 1090 g/mol. The topological polar surface area (TPSA) is 138 Å². The summed E-state index contributed by atoms with van der Waals surface area (Å²) in [5.41, 5.74) is 7.17. The first-order valence-corrected chi connectivity index (χ1v) is 31.6. The predicted octanol–water partition coefficient (Wildman–Crippen LogP) is 14.8. The summed E-state index contributed by atoms with van der Waals surface area (Å²) in [5.74, 6) is -0.780. The van der Waals surface area contributed by atoms with Crippen LogP contribution in [0.5, 0.6) is 0 Å². The fourth-order valence-electron chi connectivity index (χ4n) is 11.0. The molecule has 11 rings (SSSR count). The molecule has 3 aliphatic heterocycles. The molecule has 16 heteroatoms. The van der Waals surface area contributed by atoms with Crippen LogP contribution in [-0.2, 0) is 45.9 Å². The maximum absolute atomic E-state index is 16.5. The summed E-state index contributed by atoms with van der Waals surface area (Å²) in [6, 6.07) is 77.7. The van der Waals surface area contributed by atoms with E-state index in [4.69, 9.17) is 14.3 Å². The number of nitrogens with zero attached hydrogens (tertiary/aromatic N) is 6. The summed E-state index contributed by atoms with van der Waals surface area (Å²) >= 11 is 0. The lowest BCUT2D eigenvalue weighted by molar-refractivity contribution is -0.356. The van der Waals surface area contributed by atoms with E-state index in [9.17, 15) is 19.4 Å². The van der Waals surface area contributed by atoms with Crippen LogP contribution in [0.1, 0.15) is 37.8 Å². The molecule has 2 atom stereocenters. The SMILES string of the molecule is C=C(CC(=O)OCC)P1(=O)N(c2ccccc2)CCN1c1ccccc1.CCOC(=O)CC1(P2(=O)N(c3ccccc3)CCN2c2ccccc2)CON(c2ccccc2)C1Cc1ccccc1.[O-]/[N+](=C/Cc1ccccc1)c1ccccc1. The molecule has 8 aromatic carbocycles. The van der Waals surface area contributed by atoms with Gasteiger partial charge >= 0.3 is 11.9 Å². The highest BCUT2D eigenvalue weighted by molar-refractivity contribution is 7.71. The summed E-state index contributed by atoms with van der Waals surface area (Å²) in [5, 5.41) is 12.8. The Kier molecular flexibility index (Phi) is 20.4. The van der Waals surface area contributed by atoms with E-state index in [0.717, 1.165) is 44.3 Å². The summed E-state index contributed by atoms with van der Waals surface area (Å²) in [4.78, 5) is 32.1. The van der Waals surface area contributed by atoms with Crippen molar-refractivity contribution in [3.05, 3.63) is 271 Å². The number of benzene rings is 8. The molecule has 84 heavy (non-hydrogen) atoms. The molecule has 0 radical (unpaired) electrons. The smallest absolute Gasteiger partial charge is 0.310 e. The van der Waals surface area contributed by atoms with Crippen molar-refractivity contribution in [2.75, 3.05) is 69.7 Å². The van der Waals surface area contributed by atoms with E-state index in [2.05, 4.69) is 18.7 Å². The number of esters is 2. The fourth-order valence-corrected chi connectivity index (χ4v) is 17.9. The molecule has 0 aliphatic carbocycles. The molecule has 14 nitrogen and oxygen atoms in total. The minimum atomic E-state index is -3.64. The van der Waals surface area contributed by atoms with E-state index in [0.29, 0.717) is 56.6 Å². The van der Waals surface area contributed by atoms with Gasteiger partial charge in [0.1, 0.15) is 5.16 Å². The average molecular weight is 1160 g/mol. The minimum Gasteiger partial charge on any atom is -0.619 e. The highest BCUT2D eigenvalue weighted by Crippen LogP contribution is 2.72. The van der Waals surface area contributed by atoms with E-state index in [1.165, 1.54) is 0 Å². The maximum Gasteiger partial charge on any atom is 0.310 e. The lowest BCUT2D eigenvalue weighted by Gasteiger charge is -2.46. The summed E-state index contributed by atoms with van der Waals surface area (Å²) in [6.07, 6.45) is 2.72. The lowest BCUT2D eigenvalue weighted by atomic mass is 9.90. The van der Waals surface area contributed by atoms with Crippen molar-refractivity contribution in [3.63, 3.8) is 0 Å². The van der Waals surface area contributed by atoms with Gasteiger partial charge in [0.25, 0.3) is 14.9 Å². The zero-order valence-electron chi connectivity index (χ0n) is 47.6. The third-order valence-corrected chi connectivity index (χ3v) is 22.0. The van der Waals surface area contributed by atoms with Gasteiger partial charge in [-0.3, -0.25) is 23.6 Å². The first-order chi connectivity index (χ1) is 41.0. The number of hydroxylamine groups is 1. The Hall–Kier alpha value is -8.67. The van der Waals surface area contributed by atoms with Gasteiger partial charge in [-0.1, -0.05) is 176 Å². The molecule has 0 saturated carbocycles. The Morgan fingerprint density at radius 1 is 0.548 bits per heavy atom. The van der Waals surface area contributed by atoms with Gasteiger partial charge in [0.15, 0.2) is 6.21 Å². The monoisotopic (exact) mass is 1160 g/mol. The molecule has 3 heterocycles. The van der Waals surface area contributed by atoms with Crippen LogP contribution in [0.4, 0.5) is 34.1 Å². The van der Waals surface area contributed by atoms with Crippen LogP contribution in [0.15, 0.2) is 255 Å². The van der Waals surface area contributed by atoms with E-state index in [-0.39, 0.29) is 32.0 Å². The molecule has 8 aromatic rings. The molecule has 2 unspecified atom stereocenters. The minimum absolute atomic E-state index is 0.0500. The van der Waals surface area contributed by atoms with Gasteiger partial charge in [0.2, 0.25) is 5.69 Å². The first kappa shape index (κ1) is 59.9. The molecule has 0 amide bonds. The number of ether oxygens (including phenoxy) is 2. The van der Waals surface area contributed by atoms with Crippen LogP contribution in [0.3, 0.4) is 0 Å².